The molecular weight excluding hydrogens is 204 g/mol. The lowest BCUT2D eigenvalue weighted by molar-refractivity contribution is 0.168. The standard InChI is InChI=1S/C9H11ClN2O2/c1-2-14-9(13)12-8-5-6(10)3-4-7(8)11/h3-5H,2,11H2,1H3,(H,12,13). The predicted octanol–water partition coefficient (Wildman–Crippen LogP) is 2.49. The van der Waals surface area contributed by atoms with Crippen molar-refractivity contribution in [2.24, 2.45) is 0 Å². The SMILES string of the molecule is CCOC(=O)Nc1cc(Cl)ccc1N. The Bertz CT molecular complexity index is 342. The fourth-order valence-corrected chi connectivity index (χ4v) is 1.09. The predicted molar refractivity (Wildman–Crippen MR) is 56.5 cm³/mol. The molecule has 1 aromatic carbocycles. The monoisotopic (exact) mass is 214 g/mol. The molecule has 0 unspecified atom stereocenters. The molecule has 0 aliphatic heterocycles. The van der Waals surface area contributed by atoms with E-state index in [1.807, 2.05) is 0 Å². The molecule has 0 spiro atoms. The second kappa shape index (κ2) is 4.72. The van der Waals surface area contributed by atoms with Crippen molar-refractivity contribution >= 4 is 29.1 Å². The summed E-state index contributed by atoms with van der Waals surface area (Å²) >= 11 is 5.73. The normalized spacial score (nSPS) is 9.57. The largest absolute Gasteiger partial charge is 0.450 e. The first-order valence-corrected chi connectivity index (χ1v) is 4.50. The van der Waals surface area contributed by atoms with Crippen LogP contribution in [0.4, 0.5) is 16.2 Å². The number of nitrogens with one attached hydrogen (secondary N) is 1. The van der Waals surface area contributed by atoms with Gasteiger partial charge in [0.25, 0.3) is 0 Å². The Morgan fingerprint density at radius 1 is 1.64 bits per heavy atom. The summed E-state index contributed by atoms with van der Waals surface area (Å²) < 4.78 is 4.69. The molecule has 4 nitrogen and oxygen atoms in total. The number of carbonyl (C=O) groups is 1. The summed E-state index contributed by atoms with van der Waals surface area (Å²) in [5.74, 6) is 0. The van der Waals surface area contributed by atoms with Crippen LogP contribution in [0, 0.1) is 0 Å². The summed E-state index contributed by atoms with van der Waals surface area (Å²) in [6.45, 7) is 2.03. The highest BCUT2D eigenvalue weighted by Gasteiger charge is 2.05. The van der Waals surface area contributed by atoms with E-state index in [0.717, 1.165) is 0 Å². The van der Waals surface area contributed by atoms with E-state index >= 15 is 0 Å². The molecule has 0 aliphatic carbocycles. The van der Waals surface area contributed by atoms with E-state index in [0.29, 0.717) is 23.0 Å². The van der Waals surface area contributed by atoms with Gasteiger partial charge in [0, 0.05) is 5.02 Å². The second-order valence-electron chi connectivity index (χ2n) is 2.58. The number of benzene rings is 1. The Labute approximate surface area is 87.0 Å². The summed E-state index contributed by atoms with van der Waals surface area (Å²) in [5.41, 5.74) is 6.51. The third-order valence-electron chi connectivity index (χ3n) is 1.53. The van der Waals surface area contributed by atoms with Gasteiger partial charge in [0.1, 0.15) is 0 Å². The first kappa shape index (κ1) is 10.7. The molecule has 0 aromatic heterocycles. The van der Waals surface area contributed by atoms with Crippen LogP contribution in [0.25, 0.3) is 0 Å². The van der Waals surface area contributed by atoms with Crippen LogP contribution in [0.1, 0.15) is 6.92 Å². The molecule has 1 aromatic rings. The highest BCUT2D eigenvalue weighted by molar-refractivity contribution is 6.31. The van der Waals surface area contributed by atoms with Gasteiger partial charge < -0.3 is 10.5 Å². The van der Waals surface area contributed by atoms with Crippen LogP contribution < -0.4 is 11.1 Å². The molecule has 1 amide bonds. The zero-order valence-corrected chi connectivity index (χ0v) is 8.47. The molecule has 0 saturated heterocycles. The van der Waals surface area contributed by atoms with E-state index in [9.17, 15) is 4.79 Å². The van der Waals surface area contributed by atoms with Gasteiger partial charge in [-0.15, -0.1) is 0 Å². The number of hydrogen-bond donors (Lipinski definition) is 2. The number of nitrogen functional groups attached to an aromatic ring is 1. The molecule has 0 bridgehead atoms. The molecule has 3 N–H and O–H groups in total. The zero-order valence-electron chi connectivity index (χ0n) is 7.71. The van der Waals surface area contributed by atoms with Crippen molar-refractivity contribution in [3.8, 4) is 0 Å². The van der Waals surface area contributed by atoms with Crippen LogP contribution in [0.15, 0.2) is 18.2 Å². The van der Waals surface area contributed by atoms with Gasteiger partial charge in [-0.2, -0.15) is 0 Å². The van der Waals surface area contributed by atoms with Crippen molar-refractivity contribution in [1.29, 1.82) is 0 Å². The van der Waals surface area contributed by atoms with Gasteiger partial charge in [-0.3, -0.25) is 5.32 Å². The van der Waals surface area contributed by atoms with E-state index in [-0.39, 0.29) is 0 Å². The van der Waals surface area contributed by atoms with Gasteiger partial charge in [0.2, 0.25) is 0 Å². The van der Waals surface area contributed by atoms with Gasteiger partial charge in [-0.1, -0.05) is 11.6 Å². The Kier molecular flexibility index (Phi) is 3.59. The van der Waals surface area contributed by atoms with Crippen molar-refractivity contribution in [3.05, 3.63) is 23.2 Å². The fraction of sp³-hybridized carbons (Fsp3) is 0.222. The highest BCUT2D eigenvalue weighted by atomic mass is 35.5. The van der Waals surface area contributed by atoms with Gasteiger partial charge in [0.05, 0.1) is 18.0 Å². The molecule has 5 heteroatoms. The number of hydrogen-bond acceptors (Lipinski definition) is 3. The van der Waals surface area contributed by atoms with Crippen LogP contribution in [0.2, 0.25) is 5.02 Å². The van der Waals surface area contributed by atoms with E-state index < -0.39 is 6.09 Å². The third-order valence-corrected chi connectivity index (χ3v) is 1.76. The first-order chi connectivity index (χ1) is 6.63. The van der Waals surface area contributed by atoms with Crippen molar-refractivity contribution in [2.75, 3.05) is 17.7 Å². The summed E-state index contributed by atoms with van der Waals surface area (Å²) in [5, 5.41) is 2.99. The molecule has 1 rings (SSSR count). The minimum absolute atomic E-state index is 0.312. The minimum Gasteiger partial charge on any atom is -0.450 e. The number of nitrogens with two attached hydrogens (primary N) is 1. The average molecular weight is 215 g/mol. The Morgan fingerprint density at radius 2 is 2.36 bits per heavy atom. The number of ether oxygens (including phenoxy) is 1. The molecule has 0 radical (unpaired) electrons. The summed E-state index contributed by atoms with van der Waals surface area (Å²) in [4.78, 5) is 11.0. The third kappa shape index (κ3) is 2.81. The van der Waals surface area contributed by atoms with Crippen LogP contribution in [-0.4, -0.2) is 12.7 Å². The highest BCUT2D eigenvalue weighted by Crippen LogP contribution is 2.22. The van der Waals surface area contributed by atoms with Gasteiger partial charge in [-0.25, -0.2) is 4.79 Å². The van der Waals surface area contributed by atoms with E-state index in [2.05, 4.69) is 5.32 Å². The Balaban J connectivity index is 2.75. The molecule has 14 heavy (non-hydrogen) atoms. The maximum Gasteiger partial charge on any atom is 0.411 e. The summed E-state index contributed by atoms with van der Waals surface area (Å²) in [7, 11) is 0. The van der Waals surface area contributed by atoms with Crippen LogP contribution >= 0.6 is 11.6 Å². The van der Waals surface area contributed by atoms with Crippen molar-refractivity contribution < 1.29 is 9.53 Å². The smallest absolute Gasteiger partial charge is 0.411 e. The maximum absolute atomic E-state index is 11.0. The summed E-state index contributed by atoms with van der Waals surface area (Å²) in [6, 6.07) is 4.82. The van der Waals surface area contributed by atoms with Crippen LogP contribution in [-0.2, 0) is 4.74 Å². The Morgan fingerprint density at radius 3 is 3.00 bits per heavy atom. The van der Waals surface area contributed by atoms with Crippen molar-refractivity contribution in [3.63, 3.8) is 0 Å². The van der Waals surface area contributed by atoms with E-state index in [4.69, 9.17) is 22.1 Å². The molecule has 0 saturated carbocycles. The second-order valence-corrected chi connectivity index (χ2v) is 3.01. The molecule has 0 heterocycles. The number of halogens is 1. The summed E-state index contributed by atoms with van der Waals surface area (Å²) in [6.07, 6.45) is -0.540. The number of amides is 1. The van der Waals surface area contributed by atoms with Crippen LogP contribution in [0.3, 0.4) is 0 Å². The number of anilines is 2. The fourth-order valence-electron chi connectivity index (χ4n) is 0.914. The topological polar surface area (TPSA) is 64.3 Å². The minimum atomic E-state index is -0.540. The van der Waals surface area contributed by atoms with Crippen molar-refractivity contribution in [1.82, 2.24) is 0 Å². The molecular formula is C9H11ClN2O2. The quantitative estimate of drug-likeness (QED) is 0.744. The lowest BCUT2D eigenvalue weighted by atomic mass is 10.3. The average Bonchev–Trinajstić information content (AvgIpc) is 2.12. The van der Waals surface area contributed by atoms with Gasteiger partial charge >= 0.3 is 6.09 Å². The van der Waals surface area contributed by atoms with Gasteiger partial charge in [-0.05, 0) is 25.1 Å². The van der Waals surface area contributed by atoms with Gasteiger partial charge in [0.15, 0.2) is 0 Å². The molecule has 76 valence electrons. The first-order valence-electron chi connectivity index (χ1n) is 4.12. The maximum atomic E-state index is 11.0. The number of rotatable bonds is 2. The molecule has 0 atom stereocenters. The van der Waals surface area contributed by atoms with E-state index in [1.165, 1.54) is 0 Å². The lowest BCUT2D eigenvalue weighted by Crippen LogP contribution is -2.14. The molecule has 0 fully saturated rings. The van der Waals surface area contributed by atoms with Crippen molar-refractivity contribution in [2.45, 2.75) is 6.92 Å². The number of carbonyl (C=O) groups excluding carboxylic acids is 1. The zero-order chi connectivity index (χ0) is 10.6. The van der Waals surface area contributed by atoms with E-state index in [1.54, 1.807) is 25.1 Å². The van der Waals surface area contributed by atoms with Crippen LogP contribution in [0.5, 0.6) is 0 Å². The molecule has 0 aliphatic rings. The Hall–Kier alpha value is -1.42. The lowest BCUT2D eigenvalue weighted by Gasteiger charge is -2.07.